The second kappa shape index (κ2) is 11.9. The molecule has 0 aliphatic rings. The number of rotatable bonds is 7. The summed E-state index contributed by atoms with van der Waals surface area (Å²) in [6, 6.07) is 28.9. The molecule has 0 bridgehead atoms. The molecule has 0 aliphatic carbocycles. The van der Waals surface area contributed by atoms with Crippen molar-refractivity contribution in [3.05, 3.63) is 108 Å². The molecule has 0 spiro atoms. The molecule has 0 heterocycles. The fourth-order valence-corrected chi connectivity index (χ4v) is 2.77. The van der Waals surface area contributed by atoms with Crippen LogP contribution in [0.15, 0.2) is 91.0 Å². The van der Waals surface area contributed by atoms with E-state index in [4.69, 9.17) is 14.7 Å². The van der Waals surface area contributed by atoms with Gasteiger partial charge in [-0.3, -0.25) is 4.89 Å². The van der Waals surface area contributed by atoms with E-state index in [1.165, 1.54) is 0 Å². The summed E-state index contributed by atoms with van der Waals surface area (Å²) < 4.78 is 0. The van der Waals surface area contributed by atoms with Gasteiger partial charge in [-0.05, 0) is 71.7 Å². The third-order valence-electron chi connectivity index (χ3n) is 4.77. The molecule has 3 aromatic carbocycles. The molecule has 0 saturated carbocycles. The Bertz CT molecular complexity index is 939. The molecule has 0 fully saturated rings. The van der Waals surface area contributed by atoms with Gasteiger partial charge in [-0.2, -0.15) is 4.89 Å². The molecule has 0 N–H and O–H groups in total. The van der Waals surface area contributed by atoms with Crippen molar-refractivity contribution in [2.24, 2.45) is 0 Å². The van der Waals surface area contributed by atoms with Gasteiger partial charge < -0.3 is 0 Å². The van der Waals surface area contributed by atoms with Crippen molar-refractivity contribution in [3.63, 3.8) is 0 Å². The molecule has 0 atom stereocenters. The van der Waals surface area contributed by atoms with E-state index in [1.54, 1.807) is 24.3 Å². The third-order valence-corrected chi connectivity index (χ3v) is 4.77. The van der Waals surface area contributed by atoms with Crippen LogP contribution in [0.2, 0.25) is 0 Å². The Morgan fingerprint density at radius 3 is 1.24 bits per heavy atom. The Labute approximate surface area is 203 Å². The zero-order valence-electron chi connectivity index (χ0n) is 21.2. The predicted molar refractivity (Wildman–Crippen MR) is 134 cm³/mol. The van der Waals surface area contributed by atoms with Crippen molar-refractivity contribution in [3.8, 4) is 0 Å². The van der Waals surface area contributed by atoms with Crippen molar-refractivity contribution in [2.45, 2.75) is 65.3 Å². The van der Waals surface area contributed by atoms with Crippen molar-refractivity contribution >= 4 is 5.97 Å². The molecule has 5 heteroatoms. The Morgan fingerprint density at radius 2 is 0.882 bits per heavy atom. The summed E-state index contributed by atoms with van der Waals surface area (Å²) in [5.74, 6) is -0.472. The largest absolute Gasteiger partial charge is 0.373 e. The van der Waals surface area contributed by atoms with Crippen LogP contribution in [-0.4, -0.2) is 11.6 Å². The van der Waals surface area contributed by atoms with E-state index in [2.05, 4.69) is 4.89 Å². The van der Waals surface area contributed by atoms with E-state index in [0.717, 1.165) is 11.1 Å². The lowest BCUT2D eigenvalue weighted by Gasteiger charge is -2.31. The Hall–Kier alpha value is -2.99. The van der Waals surface area contributed by atoms with Gasteiger partial charge in [0.25, 0.3) is 0 Å². The topological polar surface area (TPSA) is 54.0 Å². The van der Waals surface area contributed by atoms with Crippen LogP contribution in [0.25, 0.3) is 0 Å². The maximum absolute atomic E-state index is 11.3. The number of carbonyl (C=O) groups excluding carboxylic acids is 1. The summed E-state index contributed by atoms with van der Waals surface area (Å²) in [6.45, 7) is 13.4. The number of carbonyl (C=O) groups is 1. The fourth-order valence-electron chi connectivity index (χ4n) is 2.77. The van der Waals surface area contributed by atoms with Crippen LogP contribution in [0, 0.1) is 0 Å². The zero-order chi connectivity index (χ0) is 25.2. The molecule has 3 aromatic rings. The minimum absolute atomic E-state index is 0.472. The lowest BCUT2D eigenvalue weighted by Crippen LogP contribution is -2.29. The maximum Gasteiger partial charge on any atom is 0.373 e. The first-order chi connectivity index (χ1) is 15.9. The first-order valence-electron chi connectivity index (χ1n) is 11.3. The molecule has 34 heavy (non-hydrogen) atoms. The van der Waals surface area contributed by atoms with Gasteiger partial charge in [-0.15, -0.1) is 0 Å². The van der Waals surface area contributed by atoms with E-state index in [-0.39, 0.29) is 0 Å². The Balaban J connectivity index is 0.000000257. The van der Waals surface area contributed by atoms with E-state index < -0.39 is 22.8 Å². The summed E-state index contributed by atoms with van der Waals surface area (Å²) in [5, 5.41) is 0. The van der Waals surface area contributed by atoms with Crippen LogP contribution in [0.5, 0.6) is 0 Å². The lowest BCUT2D eigenvalue weighted by atomic mass is 9.98. The van der Waals surface area contributed by atoms with Crippen molar-refractivity contribution in [2.75, 3.05) is 0 Å². The highest BCUT2D eigenvalue weighted by atomic mass is 17.2. The van der Waals surface area contributed by atoms with Gasteiger partial charge >= 0.3 is 5.97 Å². The third kappa shape index (κ3) is 9.10. The van der Waals surface area contributed by atoms with Crippen molar-refractivity contribution in [1.82, 2.24) is 0 Å². The van der Waals surface area contributed by atoms with Gasteiger partial charge in [0.15, 0.2) is 0 Å². The summed E-state index contributed by atoms with van der Waals surface area (Å²) in [6.07, 6.45) is 0. The molecule has 0 saturated heterocycles. The summed E-state index contributed by atoms with van der Waals surface area (Å²) in [7, 11) is 0. The molecule has 0 radical (unpaired) electrons. The number of benzene rings is 3. The standard InChI is InChI=1S/C18H22O2.C11H14O3/c1-17(2,15-11-7-5-8-12-15)19-20-18(3,4)16-13-9-6-10-14-16;1-11(2,3)14-13-10(12)9-7-5-4-6-8-9/h5-14H,1-4H3;4-8H,1-3H3. The van der Waals surface area contributed by atoms with Crippen molar-refractivity contribution < 1.29 is 24.3 Å². The molecule has 0 unspecified atom stereocenters. The Kier molecular flexibility index (Phi) is 9.56. The van der Waals surface area contributed by atoms with Gasteiger partial charge in [0.2, 0.25) is 0 Å². The van der Waals surface area contributed by atoms with Gasteiger partial charge in [0.1, 0.15) is 16.8 Å². The highest BCUT2D eigenvalue weighted by molar-refractivity contribution is 5.88. The summed E-state index contributed by atoms with van der Waals surface area (Å²) >= 11 is 0. The first kappa shape index (κ1) is 27.3. The van der Waals surface area contributed by atoms with Crippen LogP contribution in [0.3, 0.4) is 0 Å². The average Bonchev–Trinajstić information content (AvgIpc) is 2.83. The first-order valence-corrected chi connectivity index (χ1v) is 11.3. The molecule has 3 rings (SSSR count). The SMILES string of the molecule is CC(C)(C)OOC(=O)c1ccccc1.CC(C)(OOC(C)(C)c1ccccc1)c1ccccc1. The van der Waals surface area contributed by atoms with E-state index in [0.29, 0.717) is 5.56 Å². The molecule has 0 aliphatic heterocycles. The highest BCUT2D eigenvalue weighted by Gasteiger charge is 2.29. The normalized spacial score (nSPS) is 11.9. The predicted octanol–water partition coefficient (Wildman–Crippen LogP) is 7.38. The second-order valence-corrected chi connectivity index (χ2v) is 9.85. The highest BCUT2D eigenvalue weighted by Crippen LogP contribution is 2.31. The quantitative estimate of drug-likeness (QED) is 0.270. The monoisotopic (exact) mass is 464 g/mol. The summed E-state index contributed by atoms with van der Waals surface area (Å²) in [4.78, 5) is 32.4. The average molecular weight is 465 g/mol. The van der Waals surface area contributed by atoms with E-state index in [1.807, 2.05) is 115 Å². The van der Waals surface area contributed by atoms with Gasteiger partial charge in [0, 0.05) is 0 Å². The maximum atomic E-state index is 11.3. The van der Waals surface area contributed by atoms with Gasteiger partial charge in [-0.1, -0.05) is 78.9 Å². The minimum atomic E-state index is -0.493. The molecule has 0 amide bonds. The molecular formula is C29H36O5. The second-order valence-electron chi connectivity index (χ2n) is 9.85. The number of hydrogen-bond donors (Lipinski definition) is 0. The fraction of sp³-hybridized carbons (Fsp3) is 0.345. The van der Waals surface area contributed by atoms with Crippen LogP contribution in [0.4, 0.5) is 0 Å². The molecular weight excluding hydrogens is 428 g/mol. The van der Waals surface area contributed by atoms with Crippen molar-refractivity contribution in [1.29, 1.82) is 0 Å². The van der Waals surface area contributed by atoms with E-state index >= 15 is 0 Å². The van der Waals surface area contributed by atoms with Gasteiger partial charge in [-0.25, -0.2) is 14.6 Å². The Morgan fingerprint density at radius 1 is 0.529 bits per heavy atom. The number of hydrogen-bond acceptors (Lipinski definition) is 5. The van der Waals surface area contributed by atoms with Gasteiger partial charge in [0.05, 0.1) is 5.56 Å². The summed E-state index contributed by atoms with van der Waals surface area (Å²) in [5.41, 5.74) is 1.19. The molecule has 0 aromatic heterocycles. The van der Waals surface area contributed by atoms with Crippen LogP contribution in [0.1, 0.15) is 70.0 Å². The molecule has 5 nitrogen and oxygen atoms in total. The lowest BCUT2D eigenvalue weighted by molar-refractivity contribution is -0.410. The van der Waals surface area contributed by atoms with Crippen LogP contribution in [-0.2, 0) is 30.8 Å². The van der Waals surface area contributed by atoms with Crippen LogP contribution >= 0.6 is 0 Å². The van der Waals surface area contributed by atoms with Crippen LogP contribution < -0.4 is 0 Å². The van der Waals surface area contributed by atoms with E-state index in [9.17, 15) is 4.79 Å². The smallest absolute Gasteiger partial charge is 0.292 e. The zero-order valence-corrected chi connectivity index (χ0v) is 21.2. The minimum Gasteiger partial charge on any atom is -0.292 e. The molecule has 182 valence electrons.